The smallest absolute Gasteiger partial charge is 0.0774 e. The van der Waals surface area contributed by atoms with Crippen LogP contribution in [0, 0.1) is 26.0 Å². The van der Waals surface area contributed by atoms with Gasteiger partial charge >= 0.3 is 0 Å². The molecule has 1 radical (unpaired) electrons. The number of hydrogen-bond donors (Lipinski definition) is 0. The first-order valence-electron chi connectivity index (χ1n) is 23.3. The van der Waals surface area contributed by atoms with Crippen LogP contribution in [0.2, 0.25) is 0 Å². The summed E-state index contributed by atoms with van der Waals surface area (Å²) in [6.07, 6.45) is 4.57. The number of hydrogen-bond acceptors (Lipinski definition) is 3. The van der Waals surface area contributed by atoms with Crippen molar-refractivity contribution in [1.29, 1.82) is 0 Å². The van der Waals surface area contributed by atoms with E-state index in [1.807, 2.05) is 18.2 Å². The molecular weight excluding hydrogens is 947 g/mol. The van der Waals surface area contributed by atoms with E-state index in [-0.39, 0.29) is 31.2 Å². The molecule has 5 heteroatoms. The van der Waals surface area contributed by atoms with Gasteiger partial charge in [-0.05, 0) is 63.6 Å². The Balaban J connectivity index is 0.000000238. The molecule has 0 bridgehead atoms. The fraction of sp³-hybridized carbons (Fsp3) is 0.0345. The molecule has 4 nitrogen and oxygen atoms in total. The Labute approximate surface area is 390 Å². The number of rotatable bonds is 7. The van der Waals surface area contributed by atoms with E-state index in [0.29, 0.717) is 11.3 Å². The predicted octanol–water partition coefficient (Wildman–Crippen LogP) is 15.1. The summed E-state index contributed by atoms with van der Waals surface area (Å²) in [5.74, 6) is 0.784. The van der Waals surface area contributed by atoms with Crippen molar-refractivity contribution in [2.75, 3.05) is 0 Å². The summed E-state index contributed by atoms with van der Waals surface area (Å²) >= 11 is 0. The zero-order valence-corrected chi connectivity index (χ0v) is 36.2. The summed E-state index contributed by atoms with van der Waals surface area (Å²) in [6, 6.07) is 72.0. The van der Waals surface area contributed by atoms with Crippen LogP contribution in [0.1, 0.15) is 19.4 Å². The monoisotopic (exact) mass is 994 g/mol. The van der Waals surface area contributed by atoms with Crippen molar-refractivity contribution in [1.82, 2.24) is 14.5 Å². The Morgan fingerprint density at radius 3 is 1.75 bits per heavy atom. The Kier molecular flexibility index (Phi) is 9.92. The second kappa shape index (κ2) is 18.3. The van der Waals surface area contributed by atoms with E-state index in [0.717, 1.165) is 72.5 Å². The third kappa shape index (κ3) is 8.45. The van der Waals surface area contributed by atoms with Gasteiger partial charge in [0.05, 0.1) is 22.5 Å². The molecule has 0 aliphatic rings. The van der Waals surface area contributed by atoms with Gasteiger partial charge in [-0.25, -0.2) is 0 Å². The minimum absolute atomic E-state index is 0. The van der Waals surface area contributed by atoms with Crippen LogP contribution in [-0.4, -0.2) is 14.5 Å². The van der Waals surface area contributed by atoms with Crippen LogP contribution >= 0.6 is 0 Å². The van der Waals surface area contributed by atoms with Gasteiger partial charge in [0.1, 0.15) is 0 Å². The van der Waals surface area contributed by atoms with Gasteiger partial charge in [0.25, 0.3) is 0 Å². The maximum Gasteiger partial charge on any atom is 0.0774 e. The van der Waals surface area contributed by atoms with Crippen LogP contribution in [0.5, 0.6) is 0 Å². The molecule has 11 rings (SSSR count). The minimum Gasteiger partial charge on any atom is -0.557 e. The molecule has 305 valence electrons. The van der Waals surface area contributed by atoms with E-state index >= 15 is 0 Å². The number of furan rings is 1. The van der Waals surface area contributed by atoms with Gasteiger partial charge in [-0.15, -0.1) is 35.4 Å². The largest absolute Gasteiger partial charge is 0.557 e. The van der Waals surface area contributed by atoms with Crippen molar-refractivity contribution >= 4 is 22.0 Å². The molecule has 0 aliphatic heterocycles. The van der Waals surface area contributed by atoms with Gasteiger partial charge < -0.3 is 14.0 Å². The van der Waals surface area contributed by atoms with Crippen molar-refractivity contribution in [3.05, 3.63) is 236 Å². The maximum atomic E-state index is 7.28. The Morgan fingerprint density at radius 1 is 0.540 bits per heavy atom. The van der Waals surface area contributed by atoms with Gasteiger partial charge in [-0.1, -0.05) is 194 Å². The molecule has 3 heterocycles. The Morgan fingerprint density at radius 2 is 1.13 bits per heavy atom. The van der Waals surface area contributed by atoms with Crippen molar-refractivity contribution in [3.63, 3.8) is 0 Å². The van der Waals surface area contributed by atoms with Crippen LogP contribution in [0.25, 0.3) is 94.8 Å². The average Bonchev–Trinajstić information content (AvgIpc) is 3.98. The molecule has 11 aromatic rings. The van der Waals surface area contributed by atoms with Gasteiger partial charge in [0.2, 0.25) is 0 Å². The van der Waals surface area contributed by atoms with E-state index in [4.69, 9.17) is 17.6 Å². The van der Waals surface area contributed by atoms with Crippen molar-refractivity contribution in [3.8, 4) is 72.8 Å². The zero-order chi connectivity index (χ0) is 46.8. The normalized spacial score (nSPS) is 12.7. The van der Waals surface area contributed by atoms with Crippen molar-refractivity contribution < 1.29 is 32.7 Å². The second-order valence-corrected chi connectivity index (χ2v) is 14.8. The second-order valence-electron chi connectivity index (χ2n) is 14.8. The molecule has 0 atom stereocenters. The molecule has 0 unspecified atom stereocenters. The van der Waals surface area contributed by atoms with Gasteiger partial charge in [-0.3, -0.25) is 4.98 Å². The van der Waals surface area contributed by atoms with Gasteiger partial charge in [0.15, 0.2) is 0 Å². The van der Waals surface area contributed by atoms with E-state index < -0.39 is 13.7 Å². The third-order valence-corrected chi connectivity index (χ3v) is 10.9. The summed E-state index contributed by atoms with van der Waals surface area (Å²) in [7, 11) is 0. The average molecular weight is 994 g/mol. The van der Waals surface area contributed by atoms with E-state index in [2.05, 4.69) is 180 Å². The minimum atomic E-state index is -2.18. The zero-order valence-electron chi connectivity index (χ0n) is 39.8. The maximum absolute atomic E-state index is 7.28. The molecule has 8 aromatic carbocycles. The first kappa shape index (κ1) is 34.2. The number of aromatic nitrogens is 3. The van der Waals surface area contributed by atoms with E-state index in [1.54, 1.807) is 12.1 Å². The summed E-state index contributed by atoms with van der Waals surface area (Å²) in [6.45, 7) is -4.34. The van der Waals surface area contributed by atoms with Crippen LogP contribution in [0.4, 0.5) is 0 Å². The summed E-state index contributed by atoms with van der Waals surface area (Å²) < 4.78 is 52.0. The molecule has 0 saturated carbocycles. The standard InChI is InChI=1S/C45H29N2O.C13H12N.Ir/c1-4-13-31(14-5-1)32-23-25-33(26-24-32)36-27-28-43-39(29-36)40(30-48-43)45-46-41-21-10-11-22-42(41)47(45)44-37(34-15-6-2-7-16-34)19-12-20-38(44)35-17-8-3-9-18-35;1-10-3-6-12(7-4-10)13-8-5-11(2)9-14-13;/h1-29H;3-6,8-9H,1-2H3;/q2*-1;/i;1D3,2D3;. The van der Waals surface area contributed by atoms with Crippen LogP contribution < -0.4 is 0 Å². The third-order valence-electron chi connectivity index (χ3n) is 10.9. The molecule has 0 amide bonds. The molecule has 3 aromatic heterocycles. The number of imidazole rings is 1. The first-order valence-corrected chi connectivity index (χ1v) is 20.3. The van der Waals surface area contributed by atoms with E-state index in [1.165, 1.54) is 35.5 Å². The number of nitrogens with zero attached hydrogens (tertiary/aromatic N) is 3. The molecule has 63 heavy (non-hydrogen) atoms. The number of fused-ring (bicyclic) bond motifs is 2. The Bertz CT molecular complexity index is 3390. The molecule has 0 N–H and O–H groups in total. The predicted molar refractivity (Wildman–Crippen MR) is 255 cm³/mol. The molecular formula is C58H41IrN3O-2. The summed E-state index contributed by atoms with van der Waals surface area (Å²) in [5, 5.41) is 0.967. The first-order chi connectivity index (χ1) is 33.0. The van der Waals surface area contributed by atoms with E-state index in [9.17, 15) is 0 Å². The summed E-state index contributed by atoms with van der Waals surface area (Å²) in [5.41, 5.74) is 15.3. The number of benzene rings is 8. The number of aryl methyl sites for hydroxylation is 2. The number of pyridine rings is 1. The Hall–Kier alpha value is -7.43. The van der Waals surface area contributed by atoms with Crippen LogP contribution in [0.3, 0.4) is 0 Å². The fourth-order valence-corrected chi connectivity index (χ4v) is 7.85. The SMILES string of the molecule is [2H]C([2H])([2H])c1c[c-]c(-c2ccc(C([2H])([2H])[2H])cn2)cc1.[Ir].[c-]1oc2ccc(-c3ccc(-c4ccccc4)cc3)cc2c1-c1nc2ccccc2n1-c1c(-c2ccccc2)cccc1-c1ccccc1. The molecule has 0 spiro atoms. The summed E-state index contributed by atoms with van der Waals surface area (Å²) in [4.78, 5) is 9.35. The quantitative estimate of drug-likeness (QED) is 0.149. The topological polar surface area (TPSA) is 43.9 Å². The fourth-order valence-electron chi connectivity index (χ4n) is 7.85. The van der Waals surface area contributed by atoms with Crippen LogP contribution in [-0.2, 0) is 20.1 Å². The number of para-hydroxylation sites is 3. The van der Waals surface area contributed by atoms with Crippen molar-refractivity contribution in [2.24, 2.45) is 0 Å². The van der Waals surface area contributed by atoms with Gasteiger partial charge in [-0.2, -0.15) is 0 Å². The molecule has 0 fully saturated rings. The van der Waals surface area contributed by atoms with Crippen LogP contribution in [0.15, 0.2) is 217 Å². The molecule has 0 aliphatic carbocycles. The van der Waals surface area contributed by atoms with Crippen molar-refractivity contribution in [2.45, 2.75) is 13.7 Å². The van der Waals surface area contributed by atoms with Gasteiger partial charge in [0, 0.05) is 57.5 Å². The molecule has 0 saturated heterocycles.